The Hall–Kier alpha value is -3.56. The van der Waals surface area contributed by atoms with Gasteiger partial charge < -0.3 is 15.0 Å². The average Bonchev–Trinajstić information content (AvgIpc) is 2.90. The number of halogens is 1. The van der Waals surface area contributed by atoms with E-state index in [0.29, 0.717) is 22.9 Å². The van der Waals surface area contributed by atoms with Gasteiger partial charge >= 0.3 is 0 Å². The number of aryl methyl sites for hydroxylation is 1. The molecule has 0 aliphatic heterocycles. The number of nitrogens with zero attached hydrogens (tertiary/aromatic N) is 2. The van der Waals surface area contributed by atoms with Gasteiger partial charge in [-0.15, -0.1) is 0 Å². The van der Waals surface area contributed by atoms with Crippen molar-refractivity contribution < 1.29 is 22.7 Å². The first-order valence-electron chi connectivity index (χ1n) is 12.1. The number of methoxy groups -OCH3 is 1. The summed E-state index contributed by atoms with van der Waals surface area (Å²) in [5.41, 5.74) is 1.71. The molecule has 1 atom stereocenters. The maximum atomic E-state index is 13.9. The van der Waals surface area contributed by atoms with Crippen molar-refractivity contribution in [2.75, 3.05) is 24.5 Å². The van der Waals surface area contributed by atoms with E-state index in [1.807, 2.05) is 6.92 Å². The number of amides is 2. The molecule has 0 aromatic heterocycles. The van der Waals surface area contributed by atoms with Gasteiger partial charge in [0.25, 0.3) is 10.0 Å². The van der Waals surface area contributed by atoms with Gasteiger partial charge in [-0.05, 0) is 68.3 Å². The van der Waals surface area contributed by atoms with Crippen LogP contribution in [-0.2, 0) is 26.2 Å². The number of carbonyl (C=O) groups is 2. The number of benzene rings is 3. The van der Waals surface area contributed by atoms with Crippen LogP contribution in [0, 0.1) is 6.92 Å². The third-order valence-electron chi connectivity index (χ3n) is 5.97. The van der Waals surface area contributed by atoms with Crippen molar-refractivity contribution in [1.82, 2.24) is 10.2 Å². The summed E-state index contributed by atoms with van der Waals surface area (Å²) in [6.45, 7) is 5.10. The van der Waals surface area contributed by atoms with E-state index >= 15 is 0 Å². The Morgan fingerprint density at radius 1 is 1.03 bits per heavy atom. The molecule has 2 amide bonds. The molecule has 0 fully saturated rings. The van der Waals surface area contributed by atoms with E-state index in [9.17, 15) is 18.0 Å². The predicted molar refractivity (Wildman–Crippen MR) is 149 cm³/mol. The molecule has 202 valence electrons. The van der Waals surface area contributed by atoms with E-state index in [0.717, 1.165) is 9.87 Å². The highest BCUT2D eigenvalue weighted by Crippen LogP contribution is 2.33. The summed E-state index contributed by atoms with van der Waals surface area (Å²) >= 11 is 6.16. The highest BCUT2D eigenvalue weighted by Gasteiger charge is 2.33. The van der Waals surface area contributed by atoms with Crippen molar-refractivity contribution in [3.63, 3.8) is 0 Å². The molecule has 1 N–H and O–H groups in total. The number of rotatable bonds is 11. The van der Waals surface area contributed by atoms with Crippen LogP contribution in [0.25, 0.3) is 0 Å². The molecule has 0 heterocycles. The lowest BCUT2D eigenvalue weighted by molar-refractivity contribution is -0.139. The smallest absolute Gasteiger partial charge is 0.264 e. The van der Waals surface area contributed by atoms with Gasteiger partial charge in [-0.2, -0.15) is 0 Å². The van der Waals surface area contributed by atoms with Crippen molar-refractivity contribution in [2.24, 2.45) is 0 Å². The fourth-order valence-electron chi connectivity index (χ4n) is 3.96. The molecule has 8 nitrogen and oxygen atoms in total. The number of anilines is 1. The summed E-state index contributed by atoms with van der Waals surface area (Å²) in [6.07, 6.45) is 0. The minimum Gasteiger partial charge on any atom is -0.495 e. The molecule has 3 aromatic rings. The van der Waals surface area contributed by atoms with Crippen LogP contribution < -0.4 is 14.4 Å². The van der Waals surface area contributed by atoms with E-state index in [-0.39, 0.29) is 23.0 Å². The molecule has 10 heteroatoms. The third kappa shape index (κ3) is 6.85. The summed E-state index contributed by atoms with van der Waals surface area (Å²) < 4.78 is 34.3. The Labute approximate surface area is 229 Å². The molecular weight excluding hydrogens is 526 g/mol. The normalized spacial score (nSPS) is 11.9. The number of carbonyl (C=O) groups excluding carboxylic acids is 2. The van der Waals surface area contributed by atoms with Gasteiger partial charge in [0.15, 0.2) is 0 Å². The predicted octanol–water partition coefficient (Wildman–Crippen LogP) is 4.41. The zero-order valence-electron chi connectivity index (χ0n) is 21.8. The standard InChI is InChI=1S/C28H32ClN3O5S/c1-5-30-28(34)21(3)31(18-22-10-9-11-23(29)17-22)27(33)19-32(25-16-20(2)14-15-26(25)37-4)38(35,36)24-12-7-6-8-13-24/h6-17,21H,5,18-19H2,1-4H3,(H,30,34)/t21-/m0/s1. The Morgan fingerprint density at radius 3 is 2.37 bits per heavy atom. The van der Waals surface area contributed by atoms with Crippen LogP contribution in [0.2, 0.25) is 5.02 Å². The minimum absolute atomic E-state index is 0.0227. The monoisotopic (exact) mass is 557 g/mol. The van der Waals surface area contributed by atoms with E-state index in [1.165, 1.54) is 24.1 Å². The maximum Gasteiger partial charge on any atom is 0.264 e. The minimum atomic E-state index is -4.18. The van der Waals surface area contributed by atoms with Gasteiger partial charge in [0, 0.05) is 18.1 Å². The number of sulfonamides is 1. The molecular formula is C28H32ClN3O5S. The van der Waals surface area contributed by atoms with E-state index < -0.39 is 28.5 Å². The number of likely N-dealkylation sites (N-methyl/N-ethyl adjacent to an activating group) is 1. The Kier molecular flexibility index (Phi) is 9.77. The van der Waals surface area contributed by atoms with Crippen molar-refractivity contribution in [3.05, 3.63) is 88.9 Å². The van der Waals surface area contributed by atoms with Crippen molar-refractivity contribution in [2.45, 2.75) is 38.3 Å². The lowest BCUT2D eigenvalue weighted by Crippen LogP contribution is -2.51. The van der Waals surface area contributed by atoms with Crippen molar-refractivity contribution >= 4 is 39.1 Å². The summed E-state index contributed by atoms with van der Waals surface area (Å²) in [4.78, 5) is 28.1. The fraction of sp³-hybridized carbons (Fsp3) is 0.286. The first-order valence-corrected chi connectivity index (χ1v) is 13.9. The molecule has 0 saturated heterocycles. The van der Waals surface area contributed by atoms with Crippen LogP contribution in [0.4, 0.5) is 5.69 Å². The second kappa shape index (κ2) is 12.8. The number of hydrogen-bond donors (Lipinski definition) is 1. The molecule has 0 aliphatic carbocycles. The van der Waals surface area contributed by atoms with Gasteiger partial charge in [0.2, 0.25) is 11.8 Å². The second-order valence-corrected chi connectivity index (χ2v) is 11.0. The van der Waals surface area contributed by atoms with Crippen LogP contribution in [-0.4, -0.2) is 51.4 Å². The molecule has 3 aromatic carbocycles. The molecule has 0 bridgehead atoms. The van der Waals surface area contributed by atoms with Crippen LogP contribution in [0.15, 0.2) is 77.7 Å². The van der Waals surface area contributed by atoms with Crippen LogP contribution in [0.3, 0.4) is 0 Å². The largest absolute Gasteiger partial charge is 0.495 e. The van der Waals surface area contributed by atoms with Gasteiger partial charge in [0.1, 0.15) is 18.3 Å². The van der Waals surface area contributed by atoms with Gasteiger partial charge in [-0.25, -0.2) is 8.42 Å². The molecule has 0 saturated carbocycles. The van der Waals surface area contributed by atoms with Crippen molar-refractivity contribution in [3.8, 4) is 5.75 Å². The third-order valence-corrected chi connectivity index (χ3v) is 7.98. The zero-order chi connectivity index (χ0) is 27.9. The molecule has 0 spiro atoms. The van der Waals surface area contributed by atoms with Gasteiger partial charge in [-0.3, -0.25) is 13.9 Å². The maximum absolute atomic E-state index is 13.9. The molecule has 3 rings (SSSR count). The summed E-state index contributed by atoms with van der Waals surface area (Å²) in [7, 11) is -2.75. The van der Waals surface area contributed by atoms with Crippen LogP contribution >= 0.6 is 11.6 Å². The summed E-state index contributed by atoms with van der Waals surface area (Å²) in [5, 5.41) is 3.22. The molecule has 0 radical (unpaired) electrons. The Morgan fingerprint density at radius 2 is 1.74 bits per heavy atom. The first-order chi connectivity index (χ1) is 18.1. The summed E-state index contributed by atoms with van der Waals surface area (Å²) in [5.74, 6) is -0.624. The van der Waals surface area contributed by atoms with Crippen LogP contribution in [0.1, 0.15) is 25.0 Å². The van der Waals surface area contributed by atoms with E-state index in [4.69, 9.17) is 16.3 Å². The Balaban J connectivity index is 2.09. The SMILES string of the molecule is CCNC(=O)[C@H](C)N(Cc1cccc(Cl)c1)C(=O)CN(c1cc(C)ccc1OC)S(=O)(=O)c1ccccc1. The molecule has 0 aliphatic rings. The molecule has 38 heavy (non-hydrogen) atoms. The van der Waals surface area contributed by atoms with Gasteiger partial charge in [-0.1, -0.05) is 48.0 Å². The lowest BCUT2D eigenvalue weighted by atomic mass is 10.1. The average molecular weight is 558 g/mol. The van der Waals surface area contributed by atoms with E-state index in [2.05, 4.69) is 5.32 Å². The second-order valence-electron chi connectivity index (χ2n) is 8.72. The Bertz CT molecular complexity index is 1380. The van der Waals surface area contributed by atoms with Crippen LogP contribution in [0.5, 0.6) is 5.75 Å². The highest BCUT2D eigenvalue weighted by atomic mass is 35.5. The van der Waals surface area contributed by atoms with E-state index in [1.54, 1.807) is 74.5 Å². The highest BCUT2D eigenvalue weighted by molar-refractivity contribution is 7.92. The molecule has 0 unspecified atom stereocenters. The number of hydrogen-bond acceptors (Lipinski definition) is 5. The topological polar surface area (TPSA) is 96.0 Å². The number of nitrogens with one attached hydrogen (secondary N) is 1. The van der Waals surface area contributed by atoms with Gasteiger partial charge in [0.05, 0.1) is 17.7 Å². The lowest BCUT2D eigenvalue weighted by Gasteiger charge is -2.32. The summed E-state index contributed by atoms with van der Waals surface area (Å²) in [6, 6.07) is 19.1. The quantitative estimate of drug-likeness (QED) is 0.377. The number of ether oxygens (including phenoxy) is 1. The first kappa shape index (κ1) is 29.0. The van der Waals surface area contributed by atoms with Crippen molar-refractivity contribution in [1.29, 1.82) is 0 Å². The zero-order valence-corrected chi connectivity index (χ0v) is 23.4. The fourth-order valence-corrected chi connectivity index (χ4v) is 5.61.